The van der Waals surface area contributed by atoms with Gasteiger partial charge in [-0.1, -0.05) is 25.3 Å². The Balaban J connectivity index is 2.15. The lowest BCUT2D eigenvalue weighted by Crippen LogP contribution is -2.29. The average molecular weight is 160 g/mol. The predicted molar refractivity (Wildman–Crippen MR) is 46.7 cm³/mol. The Morgan fingerprint density at radius 1 is 1.70 bits per heavy atom. The molecule has 1 saturated heterocycles. The van der Waals surface area contributed by atoms with Crippen molar-refractivity contribution in [3.8, 4) is 0 Å². The molecule has 0 aromatic rings. The Kier molecular flexibility index (Phi) is 3.52. The molecule has 0 radical (unpaired) electrons. The van der Waals surface area contributed by atoms with Gasteiger partial charge in [0.2, 0.25) is 0 Å². The summed E-state index contributed by atoms with van der Waals surface area (Å²) in [4.78, 5) is 0. The van der Waals surface area contributed by atoms with Gasteiger partial charge in [-0.2, -0.15) is 4.41 Å². The van der Waals surface area contributed by atoms with Crippen molar-refractivity contribution in [2.45, 2.75) is 32.2 Å². The summed E-state index contributed by atoms with van der Waals surface area (Å²) in [5.74, 6) is 0. The first-order chi connectivity index (χ1) is 4.86. The summed E-state index contributed by atoms with van der Waals surface area (Å²) < 4.78 is 2.22. The van der Waals surface area contributed by atoms with Gasteiger partial charge >= 0.3 is 0 Å². The maximum absolute atomic E-state index is 3.44. The molecule has 0 spiro atoms. The molecule has 3 heteroatoms. The van der Waals surface area contributed by atoms with E-state index < -0.39 is 0 Å². The molecule has 0 bridgehead atoms. The van der Waals surface area contributed by atoms with E-state index in [9.17, 15) is 0 Å². The van der Waals surface area contributed by atoms with E-state index in [0.717, 1.165) is 6.04 Å². The van der Waals surface area contributed by atoms with Crippen molar-refractivity contribution in [1.29, 1.82) is 0 Å². The minimum Gasteiger partial charge on any atom is -0.242 e. The van der Waals surface area contributed by atoms with E-state index >= 15 is 0 Å². The molecule has 1 heterocycles. The number of nitrogens with zero attached hydrogens (tertiary/aromatic N) is 1. The van der Waals surface area contributed by atoms with Crippen molar-refractivity contribution in [1.82, 2.24) is 9.84 Å². The standard InChI is InChI=1S/C7H16N2S/c1-3-4-7-5-6-9(8-7)10-2/h7-8H,3-6H2,1-2H3. The summed E-state index contributed by atoms with van der Waals surface area (Å²) in [5.41, 5.74) is 3.44. The third kappa shape index (κ3) is 2.15. The number of hydrogen-bond donors (Lipinski definition) is 1. The number of nitrogens with one attached hydrogen (secondary N) is 1. The first kappa shape index (κ1) is 8.37. The normalized spacial score (nSPS) is 27.6. The van der Waals surface area contributed by atoms with Gasteiger partial charge in [0.25, 0.3) is 0 Å². The van der Waals surface area contributed by atoms with E-state index in [1.54, 1.807) is 11.9 Å². The lowest BCUT2D eigenvalue weighted by atomic mass is 10.1. The zero-order valence-corrected chi connectivity index (χ0v) is 7.58. The molecule has 1 rings (SSSR count). The largest absolute Gasteiger partial charge is 0.242 e. The van der Waals surface area contributed by atoms with Gasteiger partial charge in [0, 0.05) is 12.6 Å². The van der Waals surface area contributed by atoms with Gasteiger partial charge < -0.3 is 0 Å². The quantitative estimate of drug-likeness (QED) is 0.632. The molecule has 0 saturated carbocycles. The van der Waals surface area contributed by atoms with Gasteiger partial charge in [0.15, 0.2) is 0 Å². The molecule has 1 N–H and O–H groups in total. The summed E-state index contributed by atoms with van der Waals surface area (Å²) in [6.45, 7) is 3.44. The maximum Gasteiger partial charge on any atom is 0.0260 e. The molecule has 0 aromatic heterocycles. The number of hydrogen-bond acceptors (Lipinski definition) is 3. The van der Waals surface area contributed by atoms with Crippen LogP contribution in [0.15, 0.2) is 0 Å². The molecule has 1 fully saturated rings. The van der Waals surface area contributed by atoms with Crippen LogP contribution in [0.5, 0.6) is 0 Å². The lowest BCUT2D eigenvalue weighted by Gasteiger charge is -2.13. The third-order valence-corrected chi connectivity index (χ3v) is 2.59. The molecular formula is C7H16N2S. The first-order valence-corrected chi connectivity index (χ1v) is 5.12. The van der Waals surface area contributed by atoms with Crippen molar-refractivity contribution >= 4 is 11.9 Å². The number of rotatable bonds is 3. The summed E-state index contributed by atoms with van der Waals surface area (Å²) in [7, 11) is 0. The molecule has 0 aromatic carbocycles. The van der Waals surface area contributed by atoms with E-state index in [0.29, 0.717) is 0 Å². The Labute approximate surface area is 67.5 Å². The topological polar surface area (TPSA) is 15.3 Å². The van der Waals surface area contributed by atoms with Gasteiger partial charge in [0.05, 0.1) is 0 Å². The van der Waals surface area contributed by atoms with Crippen LogP contribution in [0.1, 0.15) is 26.2 Å². The zero-order valence-electron chi connectivity index (χ0n) is 6.76. The molecule has 1 aliphatic heterocycles. The molecule has 1 aliphatic rings. The van der Waals surface area contributed by atoms with Crippen LogP contribution >= 0.6 is 11.9 Å². The van der Waals surface area contributed by atoms with Gasteiger partial charge in [0.1, 0.15) is 0 Å². The van der Waals surface area contributed by atoms with Crippen LogP contribution in [0.25, 0.3) is 0 Å². The minimum atomic E-state index is 0.748. The van der Waals surface area contributed by atoms with Crippen LogP contribution < -0.4 is 5.43 Å². The van der Waals surface area contributed by atoms with Crippen molar-refractivity contribution < 1.29 is 0 Å². The summed E-state index contributed by atoms with van der Waals surface area (Å²) in [6, 6.07) is 0.748. The Morgan fingerprint density at radius 3 is 3.00 bits per heavy atom. The van der Waals surface area contributed by atoms with Gasteiger partial charge in [-0.25, -0.2) is 5.43 Å². The smallest absolute Gasteiger partial charge is 0.0260 e. The van der Waals surface area contributed by atoms with Gasteiger partial charge in [-0.15, -0.1) is 0 Å². The van der Waals surface area contributed by atoms with E-state index in [4.69, 9.17) is 0 Å². The maximum atomic E-state index is 3.44. The third-order valence-electron chi connectivity index (χ3n) is 1.86. The highest BCUT2D eigenvalue weighted by molar-refractivity contribution is 7.96. The molecule has 0 amide bonds. The predicted octanol–water partition coefficient (Wildman–Crippen LogP) is 1.64. The summed E-state index contributed by atoms with van der Waals surface area (Å²) in [6.07, 6.45) is 6.03. The highest BCUT2D eigenvalue weighted by Crippen LogP contribution is 2.15. The average Bonchev–Trinajstić information content (AvgIpc) is 2.37. The van der Waals surface area contributed by atoms with Gasteiger partial charge in [-0.05, 0) is 19.1 Å². The lowest BCUT2D eigenvalue weighted by molar-refractivity contribution is 0.401. The Morgan fingerprint density at radius 2 is 2.50 bits per heavy atom. The molecule has 1 unspecified atom stereocenters. The second-order valence-electron chi connectivity index (χ2n) is 2.69. The number of hydrazine groups is 1. The van der Waals surface area contributed by atoms with E-state index in [2.05, 4.69) is 23.0 Å². The second kappa shape index (κ2) is 4.21. The van der Waals surface area contributed by atoms with Crippen molar-refractivity contribution in [2.24, 2.45) is 0 Å². The van der Waals surface area contributed by atoms with E-state index in [-0.39, 0.29) is 0 Å². The fourth-order valence-electron chi connectivity index (χ4n) is 1.31. The second-order valence-corrected chi connectivity index (χ2v) is 3.49. The first-order valence-electron chi connectivity index (χ1n) is 3.94. The molecular weight excluding hydrogens is 144 g/mol. The van der Waals surface area contributed by atoms with E-state index in [1.165, 1.54) is 25.8 Å². The van der Waals surface area contributed by atoms with Crippen LogP contribution in [-0.4, -0.2) is 23.3 Å². The fourth-order valence-corrected chi connectivity index (χ4v) is 1.85. The Bertz CT molecular complexity index is 97.6. The summed E-state index contributed by atoms with van der Waals surface area (Å²) >= 11 is 1.78. The molecule has 10 heavy (non-hydrogen) atoms. The SMILES string of the molecule is CCCC1CCN(SC)N1. The van der Waals surface area contributed by atoms with Crippen LogP contribution in [-0.2, 0) is 0 Å². The van der Waals surface area contributed by atoms with Crippen LogP contribution in [0.4, 0.5) is 0 Å². The van der Waals surface area contributed by atoms with Crippen LogP contribution in [0.3, 0.4) is 0 Å². The van der Waals surface area contributed by atoms with Crippen molar-refractivity contribution in [3.63, 3.8) is 0 Å². The zero-order chi connectivity index (χ0) is 7.40. The highest BCUT2D eigenvalue weighted by atomic mass is 32.2. The fraction of sp³-hybridized carbons (Fsp3) is 1.00. The summed E-state index contributed by atoms with van der Waals surface area (Å²) in [5, 5.41) is 0. The molecule has 2 nitrogen and oxygen atoms in total. The van der Waals surface area contributed by atoms with Crippen LogP contribution in [0.2, 0.25) is 0 Å². The minimum absolute atomic E-state index is 0.748. The Hall–Kier alpha value is 0.270. The monoisotopic (exact) mass is 160 g/mol. The molecule has 1 atom stereocenters. The van der Waals surface area contributed by atoms with Gasteiger partial charge in [-0.3, -0.25) is 0 Å². The van der Waals surface area contributed by atoms with Crippen LogP contribution in [0, 0.1) is 0 Å². The van der Waals surface area contributed by atoms with Crippen molar-refractivity contribution in [2.75, 3.05) is 12.8 Å². The molecule has 60 valence electrons. The van der Waals surface area contributed by atoms with E-state index in [1.807, 2.05) is 0 Å². The van der Waals surface area contributed by atoms with Crippen molar-refractivity contribution in [3.05, 3.63) is 0 Å². The molecule has 0 aliphatic carbocycles. The highest BCUT2D eigenvalue weighted by Gasteiger charge is 2.19.